The highest BCUT2D eigenvalue weighted by Gasteiger charge is 2.17. The van der Waals surface area contributed by atoms with Gasteiger partial charge < -0.3 is 10.1 Å². The summed E-state index contributed by atoms with van der Waals surface area (Å²) in [4.78, 5) is 6.07. The van der Waals surface area contributed by atoms with Crippen LogP contribution in [0, 0.1) is 0 Å². The summed E-state index contributed by atoms with van der Waals surface area (Å²) in [5.41, 5.74) is 0.136. The highest BCUT2D eigenvalue weighted by Crippen LogP contribution is 2.35. The van der Waals surface area contributed by atoms with Crippen molar-refractivity contribution in [3.63, 3.8) is 0 Å². The first kappa shape index (κ1) is 13.0. The van der Waals surface area contributed by atoms with Gasteiger partial charge in [-0.1, -0.05) is 23.2 Å². The van der Waals surface area contributed by atoms with Crippen molar-refractivity contribution < 1.29 is 13.5 Å². The molecule has 0 bridgehead atoms. The summed E-state index contributed by atoms with van der Waals surface area (Å²) < 4.78 is 25.9. The maximum Gasteiger partial charge on any atom is 0.278 e. The first-order chi connectivity index (χ1) is 8.40. The van der Waals surface area contributed by atoms with E-state index in [2.05, 4.69) is 14.7 Å². The minimum absolute atomic E-state index is 0.0511. The van der Waals surface area contributed by atoms with Crippen LogP contribution in [-0.4, -0.2) is 23.5 Å². The van der Waals surface area contributed by atoms with Crippen molar-refractivity contribution in [3.05, 3.63) is 34.7 Å². The summed E-state index contributed by atoms with van der Waals surface area (Å²) in [5, 5.41) is 9.16. The second-order valence-electron chi connectivity index (χ2n) is 3.31. The van der Waals surface area contributed by atoms with Crippen LogP contribution in [-0.2, 0) is 10.0 Å². The van der Waals surface area contributed by atoms with E-state index in [1.807, 2.05) is 0 Å². The molecule has 6 nitrogen and oxygen atoms in total. The number of aromatic amines is 1. The van der Waals surface area contributed by atoms with Gasteiger partial charge in [0.05, 0.1) is 28.3 Å². The Morgan fingerprint density at radius 2 is 1.89 bits per heavy atom. The lowest BCUT2D eigenvalue weighted by molar-refractivity contribution is 0.476. The maximum atomic E-state index is 11.8. The highest BCUT2D eigenvalue weighted by molar-refractivity contribution is 7.92. The SMILES string of the molecule is O=S(=O)(Nc1cc(Cl)c(O)c(Cl)c1)c1cnc[nH]1. The number of aromatic nitrogens is 2. The van der Waals surface area contributed by atoms with Crippen LogP contribution in [0.1, 0.15) is 0 Å². The van der Waals surface area contributed by atoms with E-state index in [0.29, 0.717) is 0 Å². The molecule has 96 valence electrons. The second kappa shape index (κ2) is 4.68. The Morgan fingerprint density at radius 3 is 2.39 bits per heavy atom. The van der Waals surface area contributed by atoms with E-state index < -0.39 is 10.0 Å². The molecule has 0 spiro atoms. The number of aromatic hydroxyl groups is 1. The molecule has 2 aromatic rings. The molecule has 0 fully saturated rings. The van der Waals surface area contributed by atoms with Crippen molar-refractivity contribution in [3.8, 4) is 5.75 Å². The molecule has 0 saturated heterocycles. The predicted molar refractivity (Wildman–Crippen MR) is 67.5 cm³/mol. The van der Waals surface area contributed by atoms with Crippen molar-refractivity contribution in [1.29, 1.82) is 0 Å². The molecule has 0 atom stereocenters. The summed E-state index contributed by atoms with van der Waals surface area (Å²) in [7, 11) is -3.78. The van der Waals surface area contributed by atoms with Gasteiger partial charge in [0.15, 0.2) is 10.8 Å². The monoisotopic (exact) mass is 307 g/mol. The number of halogens is 2. The number of imidazole rings is 1. The van der Waals surface area contributed by atoms with Gasteiger partial charge in [-0.05, 0) is 12.1 Å². The Morgan fingerprint density at radius 1 is 1.28 bits per heavy atom. The fourth-order valence-corrected chi connectivity index (χ4v) is 2.66. The smallest absolute Gasteiger partial charge is 0.278 e. The number of H-pyrrole nitrogens is 1. The summed E-state index contributed by atoms with van der Waals surface area (Å²) in [5.74, 6) is -0.303. The van der Waals surface area contributed by atoms with Crippen LogP contribution in [0.15, 0.2) is 29.7 Å². The summed E-state index contributed by atoms with van der Waals surface area (Å²) in [6, 6.07) is 2.49. The molecule has 0 unspecified atom stereocenters. The number of nitrogens with one attached hydrogen (secondary N) is 2. The second-order valence-corrected chi connectivity index (χ2v) is 5.78. The van der Waals surface area contributed by atoms with Gasteiger partial charge in [-0.2, -0.15) is 8.42 Å². The van der Waals surface area contributed by atoms with Crippen LogP contribution in [0.3, 0.4) is 0 Å². The number of rotatable bonds is 3. The van der Waals surface area contributed by atoms with Crippen LogP contribution in [0.25, 0.3) is 0 Å². The van der Waals surface area contributed by atoms with Crippen molar-refractivity contribution in [2.75, 3.05) is 4.72 Å². The van der Waals surface area contributed by atoms with Crippen LogP contribution in [0.2, 0.25) is 10.0 Å². The third-order valence-electron chi connectivity index (χ3n) is 2.03. The Bertz CT molecular complexity index is 647. The molecule has 1 aromatic heterocycles. The number of phenolic OH excluding ortho intramolecular Hbond substituents is 1. The minimum atomic E-state index is -3.78. The lowest BCUT2D eigenvalue weighted by Crippen LogP contribution is -2.13. The molecule has 18 heavy (non-hydrogen) atoms. The third kappa shape index (κ3) is 2.53. The molecular weight excluding hydrogens is 301 g/mol. The molecule has 0 saturated carbocycles. The van der Waals surface area contributed by atoms with Gasteiger partial charge in [0.2, 0.25) is 0 Å². The quantitative estimate of drug-likeness (QED) is 0.758. The number of hydrogen-bond donors (Lipinski definition) is 3. The van der Waals surface area contributed by atoms with E-state index in [9.17, 15) is 13.5 Å². The molecule has 3 N–H and O–H groups in total. The lowest BCUT2D eigenvalue weighted by atomic mass is 10.3. The number of sulfonamides is 1. The Kier molecular flexibility index (Phi) is 3.38. The molecule has 0 aliphatic heterocycles. The molecule has 0 aliphatic rings. The van der Waals surface area contributed by atoms with E-state index in [1.54, 1.807) is 0 Å². The molecular formula is C9H7Cl2N3O3S. The van der Waals surface area contributed by atoms with Crippen molar-refractivity contribution >= 4 is 38.9 Å². The first-order valence-electron chi connectivity index (χ1n) is 4.59. The molecule has 2 rings (SSSR count). The topological polar surface area (TPSA) is 95.1 Å². The van der Waals surface area contributed by atoms with E-state index in [0.717, 1.165) is 6.20 Å². The fourth-order valence-electron chi connectivity index (χ4n) is 1.22. The van der Waals surface area contributed by atoms with E-state index in [4.69, 9.17) is 23.2 Å². The zero-order chi connectivity index (χ0) is 13.3. The Labute approximate surface area is 113 Å². The predicted octanol–water partition coefficient (Wildman–Crippen LogP) is 2.22. The Balaban J connectivity index is 2.36. The standard InChI is InChI=1S/C9H7Cl2N3O3S/c10-6-1-5(2-7(11)9(6)15)14-18(16,17)8-3-12-4-13-8/h1-4,14-15H,(H,12,13). The van der Waals surface area contributed by atoms with Crippen LogP contribution < -0.4 is 4.72 Å². The normalized spacial score (nSPS) is 11.4. The van der Waals surface area contributed by atoms with E-state index in [1.165, 1.54) is 18.5 Å². The fraction of sp³-hybridized carbons (Fsp3) is 0. The van der Waals surface area contributed by atoms with Crippen LogP contribution >= 0.6 is 23.2 Å². The summed E-state index contributed by atoms with van der Waals surface area (Å²) in [6.07, 6.45) is 2.40. The van der Waals surface area contributed by atoms with Crippen molar-refractivity contribution in [2.45, 2.75) is 5.03 Å². The zero-order valence-corrected chi connectivity index (χ0v) is 11.0. The Hall–Kier alpha value is -1.44. The minimum Gasteiger partial charge on any atom is -0.505 e. The molecule has 1 heterocycles. The van der Waals surface area contributed by atoms with Gasteiger partial charge in [0, 0.05) is 0 Å². The van der Waals surface area contributed by atoms with Crippen LogP contribution in [0.5, 0.6) is 5.75 Å². The first-order valence-corrected chi connectivity index (χ1v) is 6.83. The van der Waals surface area contributed by atoms with E-state index in [-0.39, 0.29) is 26.5 Å². The molecule has 9 heteroatoms. The van der Waals surface area contributed by atoms with Gasteiger partial charge >= 0.3 is 0 Å². The summed E-state index contributed by atoms with van der Waals surface area (Å²) >= 11 is 11.4. The number of hydrogen-bond acceptors (Lipinski definition) is 4. The number of phenols is 1. The zero-order valence-electron chi connectivity index (χ0n) is 8.68. The van der Waals surface area contributed by atoms with Gasteiger partial charge in [0.1, 0.15) is 0 Å². The van der Waals surface area contributed by atoms with Gasteiger partial charge in [-0.3, -0.25) is 4.72 Å². The molecule has 1 aromatic carbocycles. The number of benzene rings is 1. The van der Waals surface area contributed by atoms with E-state index >= 15 is 0 Å². The van der Waals surface area contributed by atoms with Gasteiger partial charge in [-0.25, -0.2) is 4.98 Å². The average Bonchev–Trinajstić information content (AvgIpc) is 2.79. The number of nitrogens with zero attached hydrogens (tertiary/aromatic N) is 1. The lowest BCUT2D eigenvalue weighted by Gasteiger charge is -2.08. The van der Waals surface area contributed by atoms with Crippen molar-refractivity contribution in [1.82, 2.24) is 9.97 Å². The highest BCUT2D eigenvalue weighted by atomic mass is 35.5. The molecule has 0 radical (unpaired) electrons. The molecule has 0 aliphatic carbocycles. The number of anilines is 1. The van der Waals surface area contributed by atoms with Crippen molar-refractivity contribution in [2.24, 2.45) is 0 Å². The third-order valence-corrected chi connectivity index (χ3v) is 3.91. The maximum absolute atomic E-state index is 11.8. The largest absolute Gasteiger partial charge is 0.505 e. The van der Waals surface area contributed by atoms with Gasteiger partial charge in [-0.15, -0.1) is 0 Å². The van der Waals surface area contributed by atoms with Gasteiger partial charge in [0.25, 0.3) is 10.0 Å². The molecule has 0 amide bonds. The average molecular weight is 308 g/mol. The van der Waals surface area contributed by atoms with Crippen LogP contribution in [0.4, 0.5) is 5.69 Å². The summed E-state index contributed by atoms with van der Waals surface area (Å²) in [6.45, 7) is 0.